The van der Waals surface area contributed by atoms with Gasteiger partial charge in [-0.2, -0.15) is 0 Å². The van der Waals surface area contributed by atoms with Crippen LogP contribution in [0.5, 0.6) is 0 Å². The summed E-state index contributed by atoms with van der Waals surface area (Å²) in [5, 5.41) is 9.10. The lowest BCUT2D eigenvalue weighted by atomic mass is 10.1. The molecule has 2 N–H and O–H groups in total. The van der Waals surface area contributed by atoms with Crippen LogP contribution in [0, 0.1) is 0 Å². The standard InChI is InChI=1S/C14H14BrNO3S2/c15-14-13(6-10(8-17)20-14)21(18,19)16-12-7-11(12)9-4-2-1-3-5-9/h1-6,11-12,16-17H,7-8H2. The van der Waals surface area contributed by atoms with E-state index in [1.807, 2.05) is 30.3 Å². The first kappa shape index (κ1) is 15.2. The summed E-state index contributed by atoms with van der Waals surface area (Å²) in [5.41, 5.74) is 1.16. The number of aliphatic hydroxyl groups excluding tert-OH is 1. The lowest BCUT2D eigenvalue weighted by Crippen LogP contribution is -2.26. The molecule has 1 fully saturated rings. The Hall–Kier alpha value is -0.730. The Morgan fingerprint density at radius 3 is 2.67 bits per heavy atom. The van der Waals surface area contributed by atoms with Crippen molar-refractivity contribution in [3.63, 3.8) is 0 Å². The van der Waals surface area contributed by atoms with E-state index in [1.165, 1.54) is 17.4 Å². The van der Waals surface area contributed by atoms with E-state index in [-0.39, 0.29) is 23.5 Å². The molecule has 3 rings (SSSR count). The molecule has 0 aliphatic heterocycles. The van der Waals surface area contributed by atoms with Crippen molar-refractivity contribution in [3.05, 3.63) is 50.6 Å². The lowest BCUT2D eigenvalue weighted by molar-refractivity contribution is 0.285. The third-order valence-electron chi connectivity index (χ3n) is 3.48. The van der Waals surface area contributed by atoms with E-state index in [0.717, 1.165) is 12.0 Å². The SMILES string of the molecule is O=S(=O)(NC1CC1c1ccccc1)c1cc(CO)sc1Br. The summed E-state index contributed by atoms with van der Waals surface area (Å²) in [6.45, 7) is -0.158. The predicted molar refractivity (Wildman–Crippen MR) is 85.9 cm³/mol. The van der Waals surface area contributed by atoms with Gasteiger partial charge in [0.1, 0.15) is 4.90 Å². The first-order valence-electron chi connectivity index (χ1n) is 6.47. The molecule has 2 aromatic rings. The zero-order chi connectivity index (χ0) is 15.0. The number of hydrogen-bond acceptors (Lipinski definition) is 4. The minimum atomic E-state index is -3.56. The van der Waals surface area contributed by atoms with Gasteiger partial charge in [0.2, 0.25) is 10.0 Å². The molecule has 1 aromatic carbocycles. The van der Waals surface area contributed by atoms with Gasteiger partial charge in [0.05, 0.1) is 10.4 Å². The lowest BCUT2D eigenvalue weighted by Gasteiger charge is -2.05. The maximum Gasteiger partial charge on any atom is 0.242 e. The number of nitrogens with one attached hydrogen (secondary N) is 1. The summed E-state index contributed by atoms with van der Waals surface area (Å²) in [5.74, 6) is 0.246. The van der Waals surface area contributed by atoms with E-state index in [2.05, 4.69) is 20.7 Å². The summed E-state index contributed by atoms with van der Waals surface area (Å²) in [4.78, 5) is 0.827. The Balaban J connectivity index is 1.75. The second-order valence-electron chi connectivity index (χ2n) is 4.99. The van der Waals surface area contributed by atoms with Crippen molar-refractivity contribution in [2.75, 3.05) is 0 Å². The Morgan fingerprint density at radius 1 is 1.33 bits per heavy atom. The highest BCUT2D eigenvalue weighted by Gasteiger charge is 2.41. The molecule has 2 atom stereocenters. The molecule has 1 heterocycles. The van der Waals surface area contributed by atoms with Crippen LogP contribution >= 0.6 is 27.3 Å². The molecular formula is C14H14BrNO3S2. The van der Waals surface area contributed by atoms with Crippen LogP contribution in [-0.2, 0) is 16.6 Å². The molecular weight excluding hydrogens is 374 g/mol. The summed E-state index contributed by atoms with van der Waals surface area (Å²) < 4.78 is 28.1. The van der Waals surface area contributed by atoms with Gasteiger partial charge in [0, 0.05) is 16.8 Å². The van der Waals surface area contributed by atoms with Gasteiger partial charge in [0.25, 0.3) is 0 Å². The number of hydrogen-bond donors (Lipinski definition) is 2. The van der Waals surface area contributed by atoms with Crippen LogP contribution in [0.1, 0.15) is 22.8 Å². The van der Waals surface area contributed by atoms with Crippen molar-refractivity contribution in [1.29, 1.82) is 0 Å². The fraction of sp³-hybridized carbons (Fsp3) is 0.286. The van der Waals surface area contributed by atoms with Crippen LogP contribution in [0.3, 0.4) is 0 Å². The monoisotopic (exact) mass is 387 g/mol. The molecule has 7 heteroatoms. The van der Waals surface area contributed by atoms with Crippen LogP contribution in [0.15, 0.2) is 45.1 Å². The average Bonchev–Trinajstić information content (AvgIpc) is 3.10. The zero-order valence-corrected chi connectivity index (χ0v) is 14.2. The Kier molecular flexibility index (Phi) is 4.20. The van der Waals surface area contributed by atoms with Crippen molar-refractivity contribution in [1.82, 2.24) is 4.72 Å². The summed E-state index contributed by atoms with van der Waals surface area (Å²) in [6.07, 6.45) is 0.817. The minimum Gasteiger partial charge on any atom is -0.391 e. The van der Waals surface area contributed by atoms with E-state index in [0.29, 0.717) is 8.66 Å². The number of rotatable bonds is 5. The van der Waals surface area contributed by atoms with E-state index in [4.69, 9.17) is 5.11 Å². The third-order valence-corrected chi connectivity index (χ3v) is 7.20. The van der Waals surface area contributed by atoms with Gasteiger partial charge in [-0.25, -0.2) is 13.1 Å². The van der Waals surface area contributed by atoms with E-state index in [9.17, 15) is 8.42 Å². The molecule has 4 nitrogen and oxygen atoms in total. The number of sulfonamides is 1. The van der Waals surface area contributed by atoms with Crippen LogP contribution in [0.4, 0.5) is 0 Å². The number of thiophene rings is 1. The van der Waals surface area contributed by atoms with Gasteiger partial charge in [-0.1, -0.05) is 30.3 Å². The van der Waals surface area contributed by atoms with E-state index in [1.54, 1.807) is 0 Å². The van der Waals surface area contributed by atoms with Crippen molar-refractivity contribution in [3.8, 4) is 0 Å². The fourth-order valence-electron chi connectivity index (χ4n) is 2.32. The van der Waals surface area contributed by atoms with E-state index < -0.39 is 10.0 Å². The molecule has 1 aromatic heterocycles. The van der Waals surface area contributed by atoms with Crippen LogP contribution in [-0.4, -0.2) is 19.6 Å². The summed E-state index contributed by atoms with van der Waals surface area (Å²) in [6, 6.07) is 11.4. The molecule has 0 radical (unpaired) electrons. The Labute approximate surface area is 136 Å². The first-order valence-corrected chi connectivity index (χ1v) is 9.57. The molecule has 1 aliphatic rings. The highest BCUT2D eigenvalue weighted by Crippen LogP contribution is 2.42. The van der Waals surface area contributed by atoms with Crippen LogP contribution in [0.2, 0.25) is 0 Å². The third kappa shape index (κ3) is 3.22. The fourth-order valence-corrected chi connectivity index (χ4v) is 6.15. The normalized spacial score (nSPS) is 21.4. The topological polar surface area (TPSA) is 66.4 Å². The second kappa shape index (κ2) is 5.81. The molecule has 112 valence electrons. The highest BCUT2D eigenvalue weighted by molar-refractivity contribution is 9.11. The van der Waals surface area contributed by atoms with Crippen LogP contribution < -0.4 is 4.72 Å². The van der Waals surface area contributed by atoms with Gasteiger partial charge < -0.3 is 5.11 Å². The van der Waals surface area contributed by atoms with Gasteiger partial charge >= 0.3 is 0 Å². The highest BCUT2D eigenvalue weighted by atomic mass is 79.9. The van der Waals surface area contributed by atoms with Gasteiger partial charge in [0.15, 0.2) is 0 Å². The number of halogens is 1. The molecule has 0 amide bonds. The Bertz CT molecular complexity index is 743. The smallest absolute Gasteiger partial charge is 0.242 e. The second-order valence-corrected chi connectivity index (χ2v) is 9.13. The quantitative estimate of drug-likeness (QED) is 0.828. The predicted octanol–water partition coefficient (Wildman–Crippen LogP) is 2.84. The first-order chi connectivity index (χ1) is 10.0. The zero-order valence-electron chi connectivity index (χ0n) is 11.0. The molecule has 21 heavy (non-hydrogen) atoms. The summed E-state index contributed by atoms with van der Waals surface area (Å²) in [7, 11) is -3.56. The maximum absolute atomic E-state index is 12.4. The minimum absolute atomic E-state index is 0.0539. The van der Waals surface area contributed by atoms with E-state index >= 15 is 0 Å². The molecule has 1 saturated carbocycles. The number of benzene rings is 1. The van der Waals surface area contributed by atoms with Crippen molar-refractivity contribution in [2.45, 2.75) is 29.9 Å². The van der Waals surface area contributed by atoms with Crippen molar-refractivity contribution >= 4 is 37.3 Å². The Morgan fingerprint density at radius 2 is 2.05 bits per heavy atom. The van der Waals surface area contributed by atoms with Crippen molar-refractivity contribution < 1.29 is 13.5 Å². The molecule has 0 saturated heterocycles. The molecule has 1 aliphatic carbocycles. The molecule has 0 bridgehead atoms. The van der Waals surface area contributed by atoms with Crippen molar-refractivity contribution in [2.24, 2.45) is 0 Å². The van der Waals surface area contributed by atoms with Gasteiger partial charge in [-0.3, -0.25) is 0 Å². The average molecular weight is 388 g/mol. The number of aliphatic hydroxyl groups is 1. The molecule has 0 spiro atoms. The molecule has 2 unspecified atom stereocenters. The largest absolute Gasteiger partial charge is 0.391 e. The van der Waals surface area contributed by atoms with Gasteiger partial charge in [-0.05, 0) is 34.0 Å². The summed E-state index contributed by atoms with van der Waals surface area (Å²) >= 11 is 4.49. The maximum atomic E-state index is 12.4. The van der Waals surface area contributed by atoms with Gasteiger partial charge in [-0.15, -0.1) is 11.3 Å². The van der Waals surface area contributed by atoms with Crippen LogP contribution in [0.25, 0.3) is 0 Å².